The molecule has 0 spiro atoms. The Labute approximate surface area is 160 Å². The van der Waals surface area contributed by atoms with Crippen LogP contribution in [0.25, 0.3) is 0 Å². The Hall–Kier alpha value is -1.61. The van der Waals surface area contributed by atoms with Crippen molar-refractivity contribution in [3.05, 3.63) is 52.1 Å². The third kappa shape index (κ3) is 4.03. The molecule has 0 bridgehead atoms. The molecule has 1 aromatic carbocycles. The van der Waals surface area contributed by atoms with Crippen molar-refractivity contribution in [2.45, 2.75) is 32.3 Å². The van der Waals surface area contributed by atoms with Crippen molar-refractivity contribution >= 4 is 22.2 Å². The zero-order chi connectivity index (χ0) is 18.9. The zero-order valence-electron chi connectivity index (χ0n) is 15.3. The number of hydrogen-bond donors (Lipinski definition) is 0. The molecule has 0 saturated carbocycles. The fourth-order valence-corrected chi connectivity index (χ4v) is 5.01. The number of hydrogen-bond acceptors (Lipinski definition) is 5. The van der Waals surface area contributed by atoms with Gasteiger partial charge >= 0.3 is 0 Å². The van der Waals surface area contributed by atoms with Crippen molar-refractivity contribution in [3.63, 3.8) is 0 Å². The van der Waals surface area contributed by atoms with Crippen LogP contribution >= 0.6 is 12.2 Å². The maximum Gasteiger partial charge on any atom is 0.243 e. The van der Waals surface area contributed by atoms with Crippen LogP contribution in [-0.4, -0.2) is 53.4 Å². The highest BCUT2D eigenvalue weighted by molar-refractivity contribution is 7.89. The van der Waals surface area contributed by atoms with E-state index in [0.717, 1.165) is 16.7 Å². The minimum Gasteiger partial charge on any atom is -0.310 e. The first-order valence-corrected chi connectivity index (χ1v) is 10.4. The van der Waals surface area contributed by atoms with E-state index in [-0.39, 0.29) is 0 Å². The molecule has 0 radical (unpaired) electrons. The molecule has 140 valence electrons. The average molecular weight is 393 g/mol. The van der Waals surface area contributed by atoms with Gasteiger partial charge in [-0.2, -0.15) is 4.31 Å². The lowest BCUT2D eigenvalue weighted by atomic mass is 10.2. The fourth-order valence-electron chi connectivity index (χ4n) is 3.22. The molecule has 2 aromatic rings. The van der Waals surface area contributed by atoms with Gasteiger partial charge in [-0.1, -0.05) is 17.7 Å². The molecule has 3 rings (SSSR count). The molecule has 1 aliphatic heterocycles. The van der Waals surface area contributed by atoms with Gasteiger partial charge in [0.15, 0.2) is 0 Å². The van der Waals surface area contributed by atoms with Gasteiger partial charge in [-0.25, -0.2) is 13.4 Å². The second-order valence-corrected chi connectivity index (χ2v) is 9.09. The summed E-state index contributed by atoms with van der Waals surface area (Å²) in [6.45, 7) is 8.71. The summed E-state index contributed by atoms with van der Waals surface area (Å²) < 4.78 is 30.0. The summed E-state index contributed by atoms with van der Waals surface area (Å²) in [5.41, 5.74) is 2.91. The van der Waals surface area contributed by atoms with E-state index in [2.05, 4.69) is 9.88 Å². The Morgan fingerprint density at radius 1 is 1.08 bits per heavy atom. The van der Waals surface area contributed by atoms with Crippen molar-refractivity contribution < 1.29 is 8.42 Å². The maximum atomic E-state index is 13.0. The molecule has 0 amide bonds. The first-order valence-electron chi connectivity index (χ1n) is 8.60. The quantitative estimate of drug-likeness (QED) is 0.749. The highest BCUT2D eigenvalue weighted by Gasteiger charge is 2.29. The molecule has 0 atom stereocenters. The van der Waals surface area contributed by atoms with Crippen LogP contribution in [0.2, 0.25) is 0 Å². The van der Waals surface area contributed by atoms with Crippen LogP contribution in [0.15, 0.2) is 35.5 Å². The largest absolute Gasteiger partial charge is 0.310 e. The van der Waals surface area contributed by atoms with E-state index in [0.29, 0.717) is 42.5 Å². The standard InChI is InChI=1S/C18H24N4O2S2/c1-14-4-5-17(16(3)10-14)26(23,24)22-8-6-20(7-9-22)13-21-12-15(2)11-19-18(21)25/h4-5,10-12H,6-9,13H2,1-3H3. The van der Waals surface area contributed by atoms with Gasteiger partial charge in [-0.05, 0) is 50.2 Å². The van der Waals surface area contributed by atoms with E-state index in [4.69, 9.17) is 12.2 Å². The summed E-state index contributed by atoms with van der Waals surface area (Å²) in [4.78, 5) is 6.80. The highest BCUT2D eigenvalue weighted by Crippen LogP contribution is 2.22. The second-order valence-electron chi connectivity index (χ2n) is 6.82. The normalized spacial score (nSPS) is 16.7. The highest BCUT2D eigenvalue weighted by atomic mass is 32.2. The molecule has 1 saturated heterocycles. The monoisotopic (exact) mass is 392 g/mol. The van der Waals surface area contributed by atoms with Crippen molar-refractivity contribution in [2.24, 2.45) is 0 Å². The Bertz CT molecular complexity index is 961. The van der Waals surface area contributed by atoms with Crippen LogP contribution < -0.4 is 0 Å². The summed E-state index contributed by atoms with van der Waals surface area (Å²) in [5.74, 6) is 0. The average Bonchev–Trinajstić information content (AvgIpc) is 2.58. The molecular weight excluding hydrogens is 368 g/mol. The lowest BCUT2D eigenvalue weighted by molar-refractivity contribution is 0.150. The van der Waals surface area contributed by atoms with Crippen molar-refractivity contribution in [1.82, 2.24) is 18.8 Å². The van der Waals surface area contributed by atoms with Gasteiger partial charge in [0, 0.05) is 38.6 Å². The van der Waals surface area contributed by atoms with Crippen LogP contribution in [0, 0.1) is 25.5 Å². The smallest absolute Gasteiger partial charge is 0.243 e. The van der Waals surface area contributed by atoms with Gasteiger partial charge in [0.05, 0.1) is 11.6 Å². The number of aromatic nitrogens is 2. The Kier molecular flexibility index (Phi) is 5.57. The Balaban J connectivity index is 1.70. The third-order valence-electron chi connectivity index (χ3n) is 4.62. The van der Waals surface area contributed by atoms with Crippen LogP contribution in [0.4, 0.5) is 0 Å². The SMILES string of the molecule is Cc1ccc(S(=O)(=O)N2CCN(Cn3cc(C)cnc3=S)CC2)c(C)c1. The molecule has 0 N–H and O–H groups in total. The zero-order valence-corrected chi connectivity index (χ0v) is 17.0. The van der Waals surface area contributed by atoms with E-state index in [9.17, 15) is 8.42 Å². The first-order chi connectivity index (χ1) is 12.3. The van der Waals surface area contributed by atoms with Gasteiger partial charge in [-0.15, -0.1) is 0 Å². The summed E-state index contributed by atoms with van der Waals surface area (Å²) in [6, 6.07) is 5.47. The van der Waals surface area contributed by atoms with Gasteiger partial charge in [0.1, 0.15) is 0 Å². The van der Waals surface area contributed by atoms with E-state index < -0.39 is 10.0 Å². The van der Waals surface area contributed by atoms with Gasteiger partial charge < -0.3 is 4.57 Å². The van der Waals surface area contributed by atoms with Gasteiger partial charge in [0.2, 0.25) is 14.8 Å². The number of sulfonamides is 1. The van der Waals surface area contributed by atoms with Gasteiger partial charge in [-0.3, -0.25) is 4.90 Å². The number of benzene rings is 1. The van der Waals surface area contributed by atoms with E-state index in [1.807, 2.05) is 43.7 Å². The van der Waals surface area contributed by atoms with E-state index >= 15 is 0 Å². The molecule has 2 heterocycles. The number of nitrogens with zero attached hydrogens (tertiary/aromatic N) is 4. The van der Waals surface area contributed by atoms with Crippen LogP contribution in [0.3, 0.4) is 0 Å². The lowest BCUT2D eigenvalue weighted by Gasteiger charge is -2.34. The van der Waals surface area contributed by atoms with Crippen LogP contribution in [-0.2, 0) is 16.7 Å². The summed E-state index contributed by atoms with van der Waals surface area (Å²) in [5, 5.41) is 0. The van der Waals surface area contributed by atoms with Crippen molar-refractivity contribution in [3.8, 4) is 0 Å². The number of piperazine rings is 1. The van der Waals surface area contributed by atoms with Crippen molar-refractivity contribution in [2.75, 3.05) is 26.2 Å². The third-order valence-corrected chi connectivity index (χ3v) is 7.01. The molecular formula is C18H24N4O2S2. The number of rotatable bonds is 4. The fraction of sp³-hybridized carbons (Fsp3) is 0.444. The second kappa shape index (κ2) is 7.56. The molecule has 6 nitrogen and oxygen atoms in total. The maximum absolute atomic E-state index is 13.0. The molecule has 1 aromatic heterocycles. The summed E-state index contributed by atoms with van der Waals surface area (Å²) in [6.07, 6.45) is 3.74. The molecule has 1 aliphatic rings. The van der Waals surface area contributed by atoms with Gasteiger partial charge in [0.25, 0.3) is 0 Å². The minimum absolute atomic E-state index is 0.404. The molecule has 26 heavy (non-hydrogen) atoms. The lowest BCUT2D eigenvalue weighted by Crippen LogP contribution is -2.49. The predicted octanol–water partition coefficient (Wildman–Crippen LogP) is 2.50. The Morgan fingerprint density at radius 2 is 1.77 bits per heavy atom. The molecule has 0 unspecified atom stereocenters. The van der Waals surface area contributed by atoms with Crippen LogP contribution in [0.1, 0.15) is 16.7 Å². The molecule has 1 fully saturated rings. The molecule has 8 heteroatoms. The van der Waals surface area contributed by atoms with E-state index in [1.165, 1.54) is 0 Å². The van der Waals surface area contributed by atoms with Crippen LogP contribution in [0.5, 0.6) is 0 Å². The first kappa shape index (κ1) is 19.2. The van der Waals surface area contributed by atoms with E-state index in [1.54, 1.807) is 16.6 Å². The number of aryl methyl sites for hydroxylation is 3. The predicted molar refractivity (Wildman–Crippen MR) is 104 cm³/mol. The summed E-state index contributed by atoms with van der Waals surface area (Å²) >= 11 is 5.27. The Morgan fingerprint density at radius 3 is 2.42 bits per heavy atom. The molecule has 0 aliphatic carbocycles. The summed E-state index contributed by atoms with van der Waals surface area (Å²) in [7, 11) is -3.45. The van der Waals surface area contributed by atoms with Crippen molar-refractivity contribution in [1.29, 1.82) is 0 Å². The topological polar surface area (TPSA) is 58.4 Å². The minimum atomic E-state index is -3.45.